The molecule has 3 rings (SSSR count). The lowest BCUT2D eigenvalue weighted by Crippen LogP contribution is -2.17. The molecule has 0 atom stereocenters. The quantitative estimate of drug-likeness (QED) is 0.534. The molecule has 0 aliphatic carbocycles. The van der Waals surface area contributed by atoms with Crippen molar-refractivity contribution in [2.75, 3.05) is 26.7 Å². The van der Waals surface area contributed by atoms with Gasteiger partial charge in [0.2, 0.25) is 0 Å². The molecule has 3 aromatic rings. The summed E-state index contributed by atoms with van der Waals surface area (Å²) in [4.78, 5) is 2.08. The van der Waals surface area contributed by atoms with Crippen LogP contribution >= 0.6 is 0 Å². The lowest BCUT2D eigenvalue weighted by atomic mass is 10.1. The van der Waals surface area contributed by atoms with Crippen molar-refractivity contribution in [3.05, 3.63) is 72.8 Å². The molecule has 2 aromatic carbocycles. The Kier molecular flexibility index (Phi) is 6.21. The molecule has 0 aliphatic rings. The van der Waals surface area contributed by atoms with Gasteiger partial charge >= 0.3 is 0 Å². The van der Waals surface area contributed by atoms with Gasteiger partial charge in [-0.25, -0.2) is 8.78 Å². The normalized spacial score (nSPS) is 11.6. The second-order valence-electron chi connectivity index (χ2n) is 6.54. The topological polar surface area (TPSA) is 30.3 Å². The Balaban J connectivity index is 1.73. The number of hydrogen-bond acceptors (Lipinski definition) is 3. The third-order valence-electron chi connectivity index (χ3n) is 4.39. The predicted molar refractivity (Wildman–Crippen MR) is 108 cm³/mol. The van der Waals surface area contributed by atoms with Crippen LogP contribution in [0.4, 0.5) is 8.78 Å². The molecule has 0 amide bonds. The smallest absolute Gasteiger partial charge is 0.165 e. The van der Waals surface area contributed by atoms with E-state index in [-0.39, 0.29) is 18.2 Å². The molecule has 0 fully saturated rings. The Morgan fingerprint density at radius 3 is 2.71 bits per heavy atom. The van der Waals surface area contributed by atoms with Gasteiger partial charge in [0.15, 0.2) is 11.6 Å². The van der Waals surface area contributed by atoms with Crippen molar-refractivity contribution in [1.29, 1.82) is 0 Å². The first-order valence-corrected chi connectivity index (χ1v) is 8.99. The Morgan fingerprint density at radius 2 is 1.96 bits per heavy atom. The van der Waals surface area contributed by atoms with Gasteiger partial charge in [0.05, 0.1) is 10.9 Å². The number of benzene rings is 2. The maximum Gasteiger partial charge on any atom is 0.165 e. The Hall–Kier alpha value is -2.99. The van der Waals surface area contributed by atoms with Crippen molar-refractivity contribution in [1.82, 2.24) is 14.7 Å². The highest BCUT2D eigenvalue weighted by atomic mass is 19.1. The van der Waals surface area contributed by atoms with Crippen LogP contribution in [-0.4, -0.2) is 41.4 Å². The number of ether oxygens (including phenoxy) is 1. The molecule has 0 unspecified atom stereocenters. The van der Waals surface area contributed by atoms with Crippen LogP contribution < -0.4 is 4.74 Å². The molecule has 0 radical (unpaired) electrons. The number of rotatable bonds is 8. The molecule has 0 spiro atoms. The van der Waals surface area contributed by atoms with Crippen molar-refractivity contribution in [3.63, 3.8) is 0 Å². The average Bonchev–Trinajstić information content (AvgIpc) is 3.01. The van der Waals surface area contributed by atoms with Gasteiger partial charge in [-0.05, 0) is 37.4 Å². The number of likely N-dealkylation sites (N-methyl/N-ethyl adjacent to an activating group) is 1. The molecule has 0 aliphatic heterocycles. The number of fused-ring (bicyclic) bond motifs is 1. The van der Waals surface area contributed by atoms with Gasteiger partial charge in [0, 0.05) is 25.7 Å². The first-order chi connectivity index (χ1) is 13.5. The fourth-order valence-electron chi connectivity index (χ4n) is 2.99. The summed E-state index contributed by atoms with van der Waals surface area (Å²) in [6.07, 6.45) is 5.63. The van der Waals surface area contributed by atoms with Crippen molar-refractivity contribution < 1.29 is 13.5 Å². The van der Waals surface area contributed by atoms with Crippen LogP contribution in [0.1, 0.15) is 0 Å². The van der Waals surface area contributed by atoms with Crippen LogP contribution in [0.2, 0.25) is 0 Å². The summed E-state index contributed by atoms with van der Waals surface area (Å²) < 4.78 is 35.8. The zero-order valence-corrected chi connectivity index (χ0v) is 16.0. The minimum absolute atomic E-state index is 0.147. The van der Waals surface area contributed by atoms with E-state index in [2.05, 4.69) is 16.6 Å². The largest absolute Gasteiger partial charge is 0.486 e. The summed E-state index contributed by atoms with van der Waals surface area (Å²) >= 11 is 0. The van der Waals surface area contributed by atoms with Gasteiger partial charge in [-0.2, -0.15) is 5.10 Å². The maximum absolute atomic E-state index is 14.5. The molecule has 0 N–H and O–H groups in total. The van der Waals surface area contributed by atoms with Crippen molar-refractivity contribution in [2.24, 2.45) is 7.05 Å². The number of halogens is 2. The maximum atomic E-state index is 14.5. The van der Waals surface area contributed by atoms with E-state index < -0.39 is 5.82 Å². The first kappa shape index (κ1) is 19.8. The Morgan fingerprint density at radius 1 is 1.14 bits per heavy atom. The lowest BCUT2D eigenvalue weighted by molar-refractivity contribution is 0.340. The highest BCUT2D eigenvalue weighted by molar-refractivity contribution is 5.93. The van der Waals surface area contributed by atoms with Crippen LogP contribution in [0.15, 0.2) is 61.2 Å². The van der Waals surface area contributed by atoms with Crippen LogP contribution in [-0.2, 0) is 7.05 Å². The Labute approximate surface area is 163 Å². The minimum atomic E-state index is -0.509. The van der Waals surface area contributed by atoms with Crippen LogP contribution in [0.25, 0.3) is 22.2 Å². The van der Waals surface area contributed by atoms with Crippen molar-refractivity contribution in [3.8, 4) is 17.0 Å². The van der Waals surface area contributed by atoms with E-state index in [1.165, 1.54) is 12.1 Å². The van der Waals surface area contributed by atoms with E-state index in [4.69, 9.17) is 4.74 Å². The van der Waals surface area contributed by atoms with E-state index in [9.17, 15) is 8.78 Å². The third kappa shape index (κ3) is 4.28. The second kappa shape index (κ2) is 8.80. The first-order valence-electron chi connectivity index (χ1n) is 8.99. The fourth-order valence-corrected chi connectivity index (χ4v) is 2.99. The summed E-state index contributed by atoms with van der Waals surface area (Å²) in [5, 5.41) is 4.74. The van der Waals surface area contributed by atoms with Crippen molar-refractivity contribution in [2.45, 2.75) is 0 Å². The zero-order valence-electron chi connectivity index (χ0n) is 16.0. The molecule has 1 heterocycles. The van der Waals surface area contributed by atoms with E-state index in [1.54, 1.807) is 36.0 Å². The van der Waals surface area contributed by atoms with Gasteiger partial charge in [0.25, 0.3) is 0 Å². The summed E-state index contributed by atoms with van der Waals surface area (Å²) in [5.74, 6) is -0.744. The minimum Gasteiger partial charge on any atom is -0.486 e. The molecule has 28 heavy (non-hydrogen) atoms. The van der Waals surface area contributed by atoms with Crippen LogP contribution in [0, 0.1) is 11.6 Å². The lowest BCUT2D eigenvalue weighted by Gasteiger charge is -2.10. The van der Waals surface area contributed by atoms with Gasteiger partial charge in [-0.15, -0.1) is 6.58 Å². The molecule has 1 aromatic heterocycles. The predicted octanol–water partition coefficient (Wildman–Crippen LogP) is 4.57. The highest BCUT2D eigenvalue weighted by Gasteiger charge is 2.16. The summed E-state index contributed by atoms with van der Waals surface area (Å²) in [5.41, 5.74) is 1.57. The SMILES string of the molecule is C=CCN(C)CC=CCOc1ccc(-c2nn(C)c3cccc(F)c23)cc1F. The van der Waals surface area contributed by atoms with E-state index in [0.717, 1.165) is 13.1 Å². The number of aryl methyl sites for hydroxylation is 1. The summed E-state index contributed by atoms with van der Waals surface area (Å²) in [7, 11) is 3.72. The number of aromatic nitrogens is 2. The van der Waals surface area contributed by atoms with Crippen LogP contribution in [0.5, 0.6) is 5.75 Å². The van der Waals surface area contributed by atoms with E-state index in [1.807, 2.05) is 25.3 Å². The summed E-state index contributed by atoms with van der Waals surface area (Å²) in [6.45, 7) is 5.51. The molecule has 4 nitrogen and oxygen atoms in total. The van der Waals surface area contributed by atoms with Gasteiger partial charge < -0.3 is 4.74 Å². The van der Waals surface area contributed by atoms with Gasteiger partial charge in [-0.1, -0.05) is 24.3 Å². The van der Waals surface area contributed by atoms with Gasteiger partial charge in [0.1, 0.15) is 18.1 Å². The molecule has 6 heteroatoms. The molecule has 0 saturated heterocycles. The van der Waals surface area contributed by atoms with Crippen molar-refractivity contribution >= 4 is 10.9 Å². The van der Waals surface area contributed by atoms with E-state index >= 15 is 0 Å². The molecular weight excluding hydrogens is 360 g/mol. The fraction of sp³-hybridized carbons (Fsp3) is 0.227. The van der Waals surface area contributed by atoms with E-state index in [0.29, 0.717) is 22.2 Å². The number of hydrogen-bond donors (Lipinski definition) is 0. The third-order valence-corrected chi connectivity index (χ3v) is 4.39. The molecule has 0 saturated carbocycles. The molecule has 146 valence electrons. The summed E-state index contributed by atoms with van der Waals surface area (Å²) in [6, 6.07) is 9.34. The highest BCUT2D eigenvalue weighted by Crippen LogP contribution is 2.32. The monoisotopic (exact) mass is 383 g/mol. The Bertz CT molecular complexity index is 1010. The zero-order chi connectivity index (χ0) is 20.1. The average molecular weight is 383 g/mol. The molecule has 0 bridgehead atoms. The number of nitrogens with zero attached hydrogens (tertiary/aromatic N) is 3. The standard InChI is InChI=1S/C22H23F2N3O/c1-4-12-26(2)13-5-6-14-28-20-11-10-16(15-18(20)24)22-21-17(23)8-7-9-19(21)27(3)25-22/h4-11,15H,1,12-14H2,2-3H3. The molecular formula is C22H23F2N3O. The van der Waals surface area contributed by atoms with Gasteiger partial charge in [-0.3, -0.25) is 9.58 Å². The second-order valence-corrected chi connectivity index (χ2v) is 6.54. The van der Waals surface area contributed by atoms with Crippen LogP contribution in [0.3, 0.4) is 0 Å².